The van der Waals surface area contributed by atoms with E-state index in [9.17, 15) is 0 Å². The summed E-state index contributed by atoms with van der Waals surface area (Å²) >= 11 is 0. The Balaban J connectivity index is 1.28. The van der Waals surface area contributed by atoms with E-state index in [0.717, 1.165) is 39.2 Å². The van der Waals surface area contributed by atoms with Crippen LogP contribution in [-0.2, 0) is 5.41 Å². The zero-order valence-electron chi connectivity index (χ0n) is 27.0. The van der Waals surface area contributed by atoms with Crippen LogP contribution in [0.15, 0.2) is 180 Å². The second-order valence-electron chi connectivity index (χ2n) is 13.1. The van der Waals surface area contributed by atoms with Crippen molar-refractivity contribution in [3.8, 4) is 28.2 Å². The molecule has 50 heavy (non-hydrogen) atoms. The lowest BCUT2D eigenvalue weighted by atomic mass is 9.67. The second kappa shape index (κ2) is 10.2. The highest BCUT2D eigenvalue weighted by Gasteiger charge is 2.46. The summed E-state index contributed by atoms with van der Waals surface area (Å²) in [4.78, 5) is 5.31. The molecule has 0 bridgehead atoms. The van der Waals surface area contributed by atoms with Gasteiger partial charge in [-0.25, -0.2) is 0 Å². The van der Waals surface area contributed by atoms with Crippen LogP contribution in [0.5, 0.6) is 0 Å². The fraction of sp³-hybridized carbons (Fsp3) is 0.0217. The molecular formula is C46H29N3O. The minimum Gasteiger partial charge on any atom is -0.423 e. The number of rotatable bonds is 4. The average molecular weight is 640 g/mol. The molecule has 0 saturated heterocycles. The van der Waals surface area contributed by atoms with Crippen LogP contribution in [-0.4, -0.2) is 14.0 Å². The highest BCUT2D eigenvalue weighted by Crippen LogP contribution is 2.57. The molecule has 4 nitrogen and oxygen atoms in total. The third-order valence-electron chi connectivity index (χ3n) is 10.7. The minimum absolute atomic E-state index is 0.514. The Labute approximate surface area is 288 Å². The topological polar surface area (TPSA) is 35.4 Å². The van der Waals surface area contributed by atoms with Gasteiger partial charge in [-0.1, -0.05) is 146 Å². The van der Waals surface area contributed by atoms with Crippen LogP contribution in [0.2, 0.25) is 0 Å². The summed E-state index contributed by atoms with van der Waals surface area (Å²) in [5.41, 5.74) is 13.1. The van der Waals surface area contributed by atoms with E-state index < -0.39 is 5.41 Å². The van der Waals surface area contributed by atoms with Gasteiger partial charge in [-0.2, -0.15) is 4.98 Å². The maximum Gasteiger partial charge on any atom is 0.309 e. The number of fused-ring (bicyclic) bond motifs is 9. The van der Waals surface area contributed by atoms with E-state index in [1.807, 2.05) is 12.1 Å². The van der Waals surface area contributed by atoms with E-state index in [2.05, 4.69) is 173 Å². The zero-order chi connectivity index (χ0) is 32.8. The van der Waals surface area contributed by atoms with Gasteiger partial charge in [0.1, 0.15) is 5.69 Å². The predicted molar refractivity (Wildman–Crippen MR) is 202 cm³/mol. The Bertz CT molecular complexity index is 2840. The molecule has 0 unspecified atom stereocenters. The van der Waals surface area contributed by atoms with Gasteiger partial charge < -0.3 is 4.42 Å². The molecular weight excluding hydrogens is 611 g/mol. The maximum atomic E-state index is 6.48. The Hall–Kier alpha value is -6.65. The van der Waals surface area contributed by atoms with Crippen molar-refractivity contribution in [2.24, 2.45) is 0 Å². The van der Waals surface area contributed by atoms with Crippen LogP contribution < -0.4 is 0 Å². The highest BCUT2D eigenvalue weighted by atomic mass is 16.4. The smallest absolute Gasteiger partial charge is 0.309 e. The average Bonchev–Trinajstić information content (AvgIpc) is 3.91. The number of hydrogen-bond donors (Lipinski definition) is 0. The Kier molecular flexibility index (Phi) is 5.56. The Morgan fingerprint density at radius 3 is 1.74 bits per heavy atom. The molecule has 0 spiro atoms. The molecule has 0 radical (unpaired) electrons. The molecule has 3 aromatic heterocycles. The van der Waals surface area contributed by atoms with Gasteiger partial charge in [-0.05, 0) is 63.7 Å². The summed E-state index contributed by atoms with van der Waals surface area (Å²) in [6.07, 6.45) is 0. The molecule has 234 valence electrons. The SMILES string of the molecule is c1ccc(C2(c3ccccc3)c3ccccc3-c3ccc(-c4c(-n5c6ccccc6c6ccccc65)nc5oc6ccccc6n45)cc32)cc1. The van der Waals surface area contributed by atoms with Crippen LogP contribution in [0.25, 0.3) is 67.0 Å². The highest BCUT2D eigenvalue weighted by molar-refractivity contribution is 6.09. The molecule has 1 aliphatic rings. The van der Waals surface area contributed by atoms with Crippen molar-refractivity contribution in [3.05, 3.63) is 198 Å². The van der Waals surface area contributed by atoms with Gasteiger partial charge in [0.05, 0.1) is 22.0 Å². The van der Waals surface area contributed by atoms with Crippen molar-refractivity contribution in [2.45, 2.75) is 5.41 Å². The van der Waals surface area contributed by atoms with E-state index in [-0.39, 0.29) is 0 Å². The van der Waals surface area contributed by atoms with E-state index >= 15 is 0 Å². The van der Waals surface area contributed by atoms with Crippen molar-refractivity contribution < 1.29 is 4.42 Å². The number of hydrogen-bond acceptors (Lipinski definition) is 2. The van der Waals surface area contributed by atoms with Gasteiger partial charge in [0.2, 0.25) is 0 Å². The fourth-order valence-electron chi connectivity index (χ4n) is 8.66. The quantitative estimate of drug-likeness (QED) is 0.192. The van der Waals surface area contributed by atoms with Gasteiger partial charge in [0, 0.05) is 16.3 Å². The monoisotopic (exact) mass is 639 g/mol. The Morgan fingerprint density at radius 2 is 1.04 bits per heavy atom. The maximum absolute atomic E-state index is 6.48. The van der Waals surface area contributed by atoms with Gasteiger partial charge in [-0.15, -0.1) is 0 Å². The molecule has 4 heteroatoms. The van der Waals surface area contributed by atoms with Crippen molar-refractivity contribution in [1.82, 2.24) is 14.0 Å². The summed E-state index contributed by atoms with van der Waals surface area (Å²) < 4.78 is 11.0. The van der Waals surface area contributed by atoms with Crippen LogP contribution in [0, 0.1) is 0 Å². The molecule has 1 aliphatic carbocycles. The standard InChI is InChI=1S/C46H29N3O/c1-3-15-31(16-4-1)46(32-17-5-2-6-18-32)37-22-10-7-19-33(37)34-28-27-30(29-38(34)46)43-44(47-45-49(43)41-25-13-14-26-42(41)50-45)48-39-23-11-8-20-35(39)36-21-9-12-24-40(36)48/h1-29H. The largest absolute Gasteiger partial charge is 0.423 e. The summed E-state index contributed by atoms with van der Waals surface area (Å²) in [6, 6.07) is 63.2. The molecule has 0 saturated carbocycles. The normalized spacial score (nSPS) is 13.4. The second-order valence-corrected chi connectivity index (χ2v) is 13.1. The number of benzene rings is 7. The first-order valence-corrected chi connectivity index (χ1v) is 17.1. The van der Waals surface area contributed by atoms with E-state index in [1.165, 1.54) is 44.2 Å². The van der Waals surface area contributed by atoms with Crippen LogP contribution in [0.1, 0.15) is 22.3 Å². The van der Waals surface area contributed by atoms with Crippen molar-refractivity contribution >= 4 is 38.7 Å². The lowest BCUT2D eigenvalue weighted by Gasteiger charge is -2.34. The summed E-state index contributed by atoms with van der Waals surface area (Å²) in [6.45, 7) is 0. The van der Waals surface area contributed by atoms with Gasteiger partial charge in [0.15, 0.2) is 11.4 Å². The van der Waals surface area contributed by atoms with E-state index in [0.29, 0.717) is 5.84 Å². The molecule has 7 aromatic carbocycles. The summed E-state index contributed by atoms with van der Waals surface area (Å²) in [5, 5.41) is 2.39. The zero-order valence-corrected chi connectivity index (χ0v) is 27.0. The predicted octanol–water partition coefficient (Wildman–Crippen LogP) is 11.2. The summed E-state index contributed by atoms with van der Waals surface area (Å²) in [7, 11) is 0. The van der Waals surface area contributed by atoms with Crippen LogP contribution in [0.3, 0.4) is 0 Å². The molecule has 10 aromatic rings. The molecule has 0 fully saturated rings. The number of aromatic nitrogens is 3. The molecule has 0 atom stereocenters. The fourth-order valence-corrected chi connectivity index (χ4v) is 8.66. The van der Waals surface area contributed by atoms with E-state index in [1.54, 1.807) is 0 Å². The molecule has 11 rings (SSSR count). The molecule has 0 aliphatic heterocycles. The number of imidazole rings is 1. The van der Waals surface area contributed by atoms with Crippen LogP contribution in [0.4, 0.5) is 0 Å². The minimum atomic E-state index is -0.514. The molecule has 3 heterocycles. The number of para-hydroxylation sites is 4. The van der Waals surface area contributed by atoms with Gasteiger partial charge in [-0.3, -0.25) is 8.97 Å². The first-order chi connectivity index (χ1) is 24.8. The van der Waals surface area contributed by atoms with Crippen molar-refractivity contribution in [1.29, 1.82) is 0 Å². The third kappa shape index (κ3) is 3.52. The Morgan fingerprint density at radius 1 is 0.480 bits per heavy atom. The number of oxazole rings is 1. The summed E-state index contributed by atoms with van der Waals surface area (Å²) in [5.74, 6) is 1.41. The van der Waals surface area contributed by atoms with E-state index in [4.69, 9.17) is 9.40 Å². The third-order valence-corrected chi connectivity index (χ3v) is 10.7. The van der Waals surface area contributed by atoms with Crippen molar-refractivity contribution in [3.63, 3.8) is 0 Å². The molecule has 0 amide bonds. The number of nitrogens with zero attached hydrogens (tertiary/aromatic N) is 3. The van der Waals surface area contributed by atoms with Gasteiger partial charge >= 0.3 is 5.84 Å². The lowest BCUT2D eigenvalue weighted by Crippen LogP contribution is -2.28. The van der Waals surface area contributed by atoms with Crippen molar-refractivity contribution in [2.75, 3.05) is 0 Å². The first kappa shape index (κ1) is 27.3. The molecule has 0 N–H and O–H groups in total. The van der Waals surface area contributed by atoms with Gasteiger partial charge in [0.25, 0.3) is 0 Å². The lowest BCUT2D eigenvalue weighted by molar-refractivity contribution is 0.641. The van der Waals surface area contributed by atoms with Crippen LogP contribution >= 0.6 is 0 Å². The first-order valence-electron chi connectivity index (χ1n) is 17.1.